The number of carbonyl (C=O) groups excluding carboxylic acids is 2. The standard InChI is InChI=1S/C14H8Cl2O8S2.2Na/c15-8-3-1-2-6-9(8)11(17)7-4-5-14(16,26(22,23)24)13(25(19,20)21)10(7)12(6)18;;/h1-5,13H,(H,19,20,21)(H,22,23,24);;/q;2*+1/p-2. The molecule has 0 heterocycles. The predicted molar refractivity (Wildman–Crippen MR) is 88.0 cm³/mol. The summed E-state index contributed by atoms with van der Waals surface area (Å²) in [6, 6.07) is 3.77. The number of ketones is 2. The number of carbonyl (C=O) groups is 2. The zero-order valence-corrected chi connectivity index (χ0v) is 21.4. The van der Waals surface area contributed by atoms with Gasteiger partial charge in [-0.15, -0.1) is 0 Å². The molecule has 14 heteroatoms. The van der Waals surface area contributed by atoms with Gasteiger partial charge < -0.3 is 9.11 Å². The summed E-state index contributed by atoms with van der Waals surface area (Å²) in [5.74, 6) is -2.02. The van der Waals surface area contributed by atoms with Crippen molar-refractivity contribution in [3.63, 3.8) is 0 Å². The fraction of sp³-hybridized carbons (Fsp3) is 0.143. The minimum absolute atomic E-state index is 0. The molecule has 1 aromatic rings. The summed E-state index contributed by atoms with van der Waals surface area (Å²) >= 11 is 11.6. The van der Waals surface area contributed by atoms with Crippen LogP contribution in [0, 0.1) is 0 Å². The number of allylic oxidation sites excluding steroid dienone is 2. The van der Waals surface area contributed by atoms with Crippen LogP contribution in [-0.4, -0.2) is 47.0 Å². The third kappa shape index (κ3) is 4.00. The normalized spacial score (nSPS) is 24.1. The number of benzene rings is 1. The Morgan fingerprint density at radius 1 is 1.00 bits per heavy atom. The number of hydrogen-bond acceptors (Lipinski definition) is 8. The fourth-order valence-electron chi connectivity index (χ4n) is 2.93. The van der Waals surface area contributed by atoms with Gasteiger partial charge in [0.1, 0.15) is 25.5 Å². The Labute approximate surface area is 214 Å². The molecule has 0 fully saturated rings. The Kier molecular flexibility index (Phi) is 8.06. The van der Waals surface area contributed by atoms with E-state index in [1.807, 2.05) is 0 Å². The van der Waals surface area contributed by atoms with E-state index in [0.717, 1.165) is 12.1 Å². The first-order valence-electron chi connectivity index (χ1n) is 6.71. The van der Waals surface area contributed by atoms with Gasteiger partial charge in [0.2, 0.25) is 0 Å². The molecule has 0 aliphatic heterocycles. The van der Waals surface area contributed by atoms with Crippen molar-refractivity contribution in [2.75, 3.05) is 0 Å². The van der Waals surface area contributed by atoms with Gasteiger partial charge in [-0.2, -0.15) is 0 Å². The molecule has 2 aliphatic carbocycles. The van der Waals surface area contributed by atoms with E-state index in [4.69, 9.17) is 23.2 Å². The van der Waals surface area contributed by atoms with Crippen LogP contribution in [0.3, 0.4) is 0 Å². The van der Waals surface area contributed by atoms with Gasteiger partial charge in [0, 0.05) is 16.7 Å². The van der Waals surface area contributed by atoms with E-state index in [1.165, 1.54) is 12.1 Å². The van der Waals surface area contributed by atoms with E-state index in [0.29, 0.717) is 6.08 Å². The quantitative estimate of drug-likeness (QED) is 0.231. The number of halogens is 2. The van der Waals surface area contributed by atoms with Crippen molar-refractivity contribution in [2.24, 2.45) is 0 Å². The summed E-state index contributed by atoms with van der Waals surface area (Å²) in [6.45, 7) is 0. The van der Waals surface area contributed by atoms with Crippen LogP contribution < -0.4 is 59.1 Å². The number of hydrogen-bond donors (Lipinski definition) is 0. The molecule has 0 saturated heterocycles. The number of alkyl halides is 1. The monoisotopic (exact) mass is 482 g/mol. The van der Waals surface area contributed by atoms with E-state index in [2.05, 4.69) is 0 Å². The maximum atomic E-state index is 12.8. The molecule has 1 aromatic carbocycles. The molecule has 138 valence electrons. The maximum absolute atomic E-state index is 12.8. The van der Waals surface area contributed by atoms with Gasteiger partial charge >= 0.3 is 59.1 Å². The summed E-state index contributed by atoms with van der Waals surface area (Å²) in [4.78, 5) is 25.4. The summed E-state index contributed by atoms with van der Waals surface area (Å²) < 4.78 is 66.6. The van der Waals surface area contributed by atoms with Crippen LogP contribution in [0.2, 0.25) is 5.02 Å². The van der Waals surface area contributed by atoms with Gasteiger partial charge in [0.25, 0.3) is 0 Å². The molecule has 0 spiro atoms. The van der Waals surface area contributed by atoms with Crippen molar-refractivity contribution < 1.29 is 94.6 Å². The van der Waals surface area contributed by atoms with Crippen molar-refractivity contribution in [2.45, 2.75) is 9.46 Å². The van der Waals surface area contributed by atoms with Gasteiger partial charge in [-0.3, -0.25) is 9.59 Å². The molecular weight excluding hydrogens is 477 g/mol. The minimum Gasteiger partial charge on any atom is -0.747 e. The zero-order chi connectivity index (χ0) is 19.7. The average molecular weight is 483 g/mol. The molecule has 2 aliphatic rings. The predicted octanol–water partition coefficient (Wildman–Crippen LogP) is -5.01. The molecule has 2 atom stereocenters. The third-order valence-corrected chi connectivity index (χ3v) is 7.86. The summed E-state index contributed by atoms with van der Waals surface area (Å²) in [5.41, 5.74) is -2.07. The van der Waals surface area contributed by atoms with Crippen LogP contribution in [0.1, 0.15) is 20.7 Å². The Balaban J connectivity index is 0.00000196. The van der Waals surface area contributed by atoms with E-state index in [1.54, 1.807) is 0 Å². The Morgan fingerprint density at radius 2 is 1.57 bits per heavy atom. The number of Topliss-reactive ketones (excluding diaryl/α,β-unsaturated/α-hetero) is 2. The first-order valence-corrected chi connectivity index (χ1v) is 10.3. The first-order chi connectivity index (χ1) is 11.8. The van der Waals surface area contributed by atoms with Crippen LogP contribution in [0.25, 0.3) is 0 Å². The van der Waals surface area contributed by atoms with Crippen LogP contribution in [-0.2, 0) is 20.2 Å². The van der Waals surface area contributed by atoms with Crippen molar-refractivity contribution in [3.05, 3.63) is 57.6 Å². The molecule has 0 bridgehead atoms. The molecule has 2 unspecified atom stereocenters. The van der Waals surface area contributed by atoms with Crippen molar-refractivity contribution in [1.29, 1.82) is 0 Å². The Bertz CT molecular complexity index is 1160. The van der Waals surface area contributed by atoms with E-state index >= 15 is 0 Å². The summed E-state index contributed by atoms with van der Waals surface area (Å²) in [5, 5.41) is -2.88. The van der Waals surface area contributed by atoms with Gasteiger partial charge in [0.05, 0.1) is 10.6 Å². The Morgan fingerprint density at radius 3 is 2.07 bits per heavy atom. The van der Waals surface area contributed by atoms with Crippen molar-refractivity contribution in [1.82, 2.24) is 0 Å². The molecule has 0 N–H and O–H groups in total. The molecule has 8 nitrogen and oxygen atoms in total. The van der Waals surface area contributed by atoms with Crippen LogP contribution >= 0.6 is 23.2 Å². The maximum Gasteiger partial charge on any atom is 1.00 e. The van der Waals surface area contributed by atoms with Crippen LogP contribution in [0.15, 0.2) is 41.5 Å². The molecule has 28 heavy (non-hydrogen) atoms. The van der Waals surface area contributed by atoms with Crippen molar-refractivity contribution in [3.8, 4) is 0 Å². The molecule has 0 radical (unpaired) electrons. The van der Waals surface area contributed by atoms with Gasteiger partial charge in [-0.1, -0.05) is 41.4 Å². The molecule has 3 rings (SSSR count). The molecule has 0 saturated carbocycles. The molecule has 0 amide bonds. The van der Waals surface area contributed by atoms with Gasteiger partial charge in [-0.05, 0) is 12.1 Å². The minimum atomic E-state index is -5.63. The fourth-order valence-corrected chi connectivity index (χ4v) is 6.01. The second-order valence-corrected chi connectivity index (χ2v) is 9.80. The van der Waals surface area contributed by atoms with Crippen molar-refractivity contribution >= 4 is 55.0 Å². The topological polar surface area (TPSA) is 149 Å². The zero-order valence-electron chi connectivity index (χ0n) is 14.3. The van der Waals surface area contributed by atoms with E-state index < -0.39 is 52.4 Å². The molecular formula is C14H6Cl2Na2O8S2. The third-order valence-electron chi connectivity index (χ3n) is 4.03. The number of rotatable bonds is 2. The average Bonchev–Trinajstić information content (AvgIpc) is 2.49. The van der Waals surface area contributed by atoms with E-state index in [9.17, 15) is 35.5 Å². The smallest absolute Gasteiger partial charge is 0.747 e. The van der Waals surface area contributed by atoms with E-state index in [-0.39, 0.29) is 75.3 Å². The van der Waals surface area contributed by atoms with Gasteiger partial charge in [0.15, 0.2) is 15.8 Å². The molecule has 0 aromatic heterocycles. The number of fused-ring (bicyclic) bond motifs is 1. The second kappa shape index (κ2) is 8.52. The first kappa shape index (κ1) is 26.5. The largest absolute Gasteiger partial charge is 1.00 e. The summed E-state index contributed by atoms with van der Waals surface area (Å²) in [7, 11) is -11.2. The van der Waals surface area contributed by atoms with Gasteiger partial charge in [-0.25, -0.2) is 16.8 Å². The SMILES string of the molecule is O=C1C2=C(C=CC(Cl)(S(=O)(=O)[O-])C2S(=O)(=O)[O-])C(=O)c2c(Cl)cccc21.[Na+].[Na+]. The van der Waals surface area contributed by atoms with Crippen LogP contribution in [0.4, 0.5) is 0 Å². The summed E-state index contributed by atoms with van der Waals surface area (Å²) in [6.07, 6.45) is 1.16. The second-order valence-electron chi connectivity index (χ2n) is 5.51. The van der Waals surface area contributed by atoms with Crippen LogP contribution in [0.5, 0.6) is 0 Å². The Hall–Kier alpha value is 0.440.